The Kier molecular flexibility index (Phi) is 4.59. The molecule has 0 amide bonds. The molecule has 1 atom stereocenters. The molecular weight excluding hydrogens is 212 g/mol. The van der Waals surface area contributed by atoms with E-state index in [1.54, 1.807) is 0 Å². The van der Waals surface area contributed by atoms with Gasteiger partial charge in [-0.25, -0.2) is 9.59 Å². The highest BCUT2D eigenvalue weighted by Gasteiger charge is 2.34. The summed E-state index contributed by atoms with van der Waals surface area (Å²) in [6.45, 7) is 6.00. The van der Waals surface area contributed by atoms with Gasteiger partial charge in [0.1, 0.15) is 0 Å². The van der Waals surface area contributed by atoms with E-state index in [-0.39, 0.29) is 0 Å². The predicted molar refractivity (Wildman–Crippen MR) is 57.5 cm³/mol. The van der Waals surface area contributed by atoms with Gasteiger partial charge in [0.2, 0.25) is 0 Å². The number of nitrogens with zero attached hydrogens (tertiary/aromatic N) is 2. The van der Waals surface area contributed by atoms with E-state index in [4.69, 9.17) is 10.2 Å². The Balaban J connectivity index is 4.97. The highest BCUT2D eigenvalue weighted by Crippen LogP contribution is 2.21. The first-order valence-corrected chi connectivity index (χ1v) is 5.06. The van der Waals surface area contributed by atoms with Crippen molar-refractivity contribution in [3.8, 4) is 0 Å². The Morgan fingerprint density at radius 3 is 1.88 bits per heavy atom. The second kappa shape index (κ2) is 5.05. The molecular formula is C10H18N2O4. The minimum atomic E-state index is -1.40. The van der Waals surface area contributed by atoms with E-state index in [2.05, 4.69) is 10.2 Å². The van der Waals surface area contributed by atoms with Crippen LogP contribution in [0.4, 0.5) is 0 Å². The maximum Gasteiger partial charge on any atom is 0.333 e. The van der Waals surface area contributed by atoms with Gasteiger partial charge in [-0.15, -0.1) is 0 Å². The average molecular weight is 230 g/mol. The van der Waals surface area contributed by atoms with E-state index in [9.17, 15) is 9.59 Å². The molecule has 0 aromatic heterocycles. The molecule has 0 radical (unpaired) electrons. The molecule has 0 saturated carbocycles. The fourth-order valence-corrected chi connectivity index (χ4v) is 0.965. The van der Waals surface area contributed by atoms with Gasteiger partial charge in [0.25, 0.3) is 0 Å². The Morgan fingerprint density at radius 1 is 1.06 bits per heavy atom. The number of hydrogen-bond acceptors (Lipinski definition) is 4. The summed E-state index contributed by atoms with van der Waals surface area (Å²) in [5.41, 5.74) is -2.74. The maximum absolute atomic E-state index is 11.0. The van der Waals surface area contributed by atoms with Crippen LogP contribution in [0.3, 0.4) is 0 Å². The number of hydrogen-bond donors (Lipinski definition) is 2. The van der Waals surface area contributed by atoms with Crippen molar-refractivity contribution in [2.24, 2.45) is 10.2 Å². The van der Waals surface area contributed by atoms with E-state index < -0.39 is 23.0 Å². The summed E-state index contributed by atoms with van der Waals surface area (Å²) in [5.74, 6) is -2.24. The summed E-state index contributed by atoms with van der Waals surface area (Å²) in [4.78, 5) is 21.8. The fraction of sp³-hybridized carbons (Fsp3) is 0.800. The number of azo groups is 1. The molecule has 0 fully saturated rings. The summed E-state index contributed by atoms with van der Waals surface area (Å²) in [6.07, 6.45) is 0.955. The summed E-state index contributed by atoms with van der Waals surface area (Å²) in [6, 6.07) is 0. The molecule has 6 heteroatoms. The highest BCUT2D eigenvalue weighted by atomic mass is 16.4. The number of rotatable bonds is 6. The topological polar surface area (TPSA) is 99.3 Å². The Labute approximate surface area is 94.4 Å². The van der Waals surface area contributed by atoms with E-state index in [1.165, 1.54) is 20.8 Å². The molecule has 0 aromatic carbocycles. The van der Waals surface area contributed by atoms with Crippen LogP contribution in [-0.4, -0.2) is 33.2 Å². The highest BCUT2D eigenvalue weighted by molar-refractivity contribution is 5.79. The van der Waals surface area contributed by atoms with Crippen LogP contribution in [0.5, 0.6) is 0 Å². The lowest BCUT2D eigenvalue weighted by molar-refractivity contribution is -0.145. The Hall–Kier alpha value is -1.46. The molecule has 0 bridgehead atoms. The second-order valence-electron chi connectivity index (χ2n) is 4.39. The molecule has 0 spiro atoms. The lowest BCUT2D eigenvalue weighted by Crippen LogP contribution is -2.35. The zero-order chi connectivity index (χ0) is 13.0. The van der Waals surface area contributed by atoms with Crippen molar-refractivity contribution in [2.45, 2.75) is 51.6 Å². The zero-order valence-electron chi connectivity index (χ0n) is 10.0. The van der Waals surface area contributed by atoms with Crippen molar-refractivity contribution >= 4 is 11.9 Å². The quantitative estimate of drug-likeness (QED) is 0.681. The number of carboxylic acid groups (broad SMARTS) is 2. The van der Waals surface area contributed by atoms with Gasteiger partial charge >= 0.3 is 11.9 Å². The fourth-order valence-electron chi connectivity index (χ4n) is 0.965. The van der Waals surface area contributed by atoms with Gasteiger partial charge in [0.05, 0.1) is 0 Å². The van der Waals surface area contributed by atoms with Gasteiger partial charge in [0, 0.05) is 0 Å². The van der Waals surface area contributed by atoms with Crippen molar-refractivity contribution in [1.82, 2.24) is 0 Å². The zero-order valence-corrected chi connectivity index (χ0v) is 10.0. The Morgan fingerprint density at radius 2 is 1.56 bits per heavy atom. The molecule has 0 aromatic rings. The molecule has 16 heavy (non-hydrogen) atoms. The first-order chi connectivity index (χ1) is 7.15. The molecule has 0 heterocycles. The summed E-state index contributed by atoms with van der Waals surface area (Å²) in [7, 11) is 0. The molecule has 1 unspecified atom stereocenters. The van der Waals surface area contributed by atoms with Gasteiger partial charge in [-0.05, 0) is 27.2 Å². The van der Waals surface area contributed by atoms with Crippen LogP contribution >= 0.6 is 0 Å². The van der Waals surface area contributed by atoms with Crippen LogP contribution in [0, 0.1) is 0 Å². The van der Waals surface area contributed by atoms with Crippen LogP contribution < -0.4 is 0 Å². The molecule has 0 aliphatic heterocycles. The standard InChI is InChI=1S/C10H18N2O4/c1-5-6-10(4,8(15)16)12-11-9(2,3)7(13)14/h5-6H2,1-4H3,(H,13,14)(H,15,16)/b12-11+. The summed E-state index contributed by atoms with van der Waals surface area (Å²) in [5, 5.41) is 25.1. The Bertz CT molecular complexity index is 312. The van der Waals surface area contributed by atoms with Gasteiger partial charge in [0.15, 0.2) is 11.1 Å². The third-order valence-electron chi connectivity index (χ3n) is 2.24. The average Bonchev–Trinajstić information content (AvgIpc) is 2.15. The van der Waals surface area contributed by atoms with E-state index >= 15 is 0 Å². The number of carboxylic acids is 2. The van der Waals surface area contributed by atoms with Crippen LogP contribution in [0.15, 0.2) is 10.2 Å². The first-order valence-electron chi connectivity index (χ1n) is 5.06. The third kappa shape index (κ3) is 3.60. The lowest BCUT2D eigenvalue weighted by Gasteiger charge is -2.20. The smallest absolute Gasteiger partial charge is 0.333 e. The van der Waals surface area contributed by atoms with Crippen LogP contribution in [0.1, 0.15) is 40.5 Å². The van der Waals surface area contributed by atoms with Crippen molar-refractivity contribution < 1.29 is 19.8 Å². The normalized spacial score (nSPS) is 16.0. The molecule has 6 nitrogen and oxygen atoms in total. The van der Waals surface area contributed by atoms with Crippen LogP contribution in [0.2, 0.25) is 0 Å². The van der Waals surface area contributed by atoms with Gasteiger partial charge < -0.3 is 10.2 Å². The number of carbonyl (C=O) groups is 2. The van der Waals surface area contributed by atoms with Crippen LogP contribution in [-0.2, 0) is 9.59 Å². The minimum absolute atomic E-state index is 0.321. The molecule has 0 rings (SSSR count). The molecule has 0 saturated heterocycles. The van der Waals surface area contributed by atoms with E-state index in [0.29, 0.717) is 12.8 Å². The van der Waals surface area contributed by atoms with E-state index in [0.717, 1.165) is 0 Å². The van der Waals surface area contributed by atoms with Crippen LogP contribution in [0.25, 0.3) is 0 Å². The minimum Gasteiger partial charge on any atom is -0.479 e. The first kappa shape index (κ1) is 14.5. The molecule has 92 valence electrons. The van der Waals surface area contributed by atoms with Crippen molar-refractivity contribution in [2.75, 3.05) is 0 Å². The van der Waals surface area contributed by atoms with Crippen molar-refractivity contribution in [3.63, 3.8) is 0 Å². The van der Waals surface area contributed by atoms with Gasteiger partial charge in [-0.3, -0.25) is 0 Å². The van der Waals surface area contributed by atoms with Gasteiger partial charge in [-0.2, -0.15) is 10.2 Å². The predicted octanol–water partition coefficient (Wildman–Crippen LogP) is 1.95. The largest absolute Gasteiger partial charge is 0.479 e. The van der Waals surface area contributed by atoms with Gasteiger partial charge in [-0.1, -0.05) is 13.3 Å². The monoisotopic (exact) mass is 230 g/mol. The van der Waals surface area contributed by atoms with Crippen molar-refractivity contribution in [1.29, 1.82) is 0 Å². The SMILES string of the molecule is CCCC(C)(/N=N/C(C)(C)C(=O)O)C(=O)O. The molecule has 0 aliphatic rings. The third-order valence-corrected chi connectivity index (χ3v) is 2.24. The van der Waals surface area contributed by atoms with E-state index in [1.807, 2.05) is 6.92 Å². The molecule has 0 aliphatic carbocycles. The lowest BCUT2D eigenvalue weighted by atomic mass is 9.98. The summed E-state index contributed by atoms with van der Waals surface area (Å²) < 4.78 is 0. The molecule has 2 N–H and O–H groups in total. The summed E-state index contributed by atoms with van der Waals surface area (Å²) >= 11 is 0. The maximum atomic E-state index is 11.0. The second-order valence-corrected chi connectivity index (χ2v) is 4.39. The number of aliphatic carboxylic acids is 2. The van der Waals surface area contributed by atoms with Crippen molar-refractivity contribution in [3.05, 3.63) is 0 Å².